The third-order valence-electron chi connectivity index (χ3n) is 8.65. The lowest BCUT2D eigenvalue weighted by molar-refractivity contribution is -0.130. The van der Waals surface area contributed by atoms with Crippen molar-refractivity contribution >= 4 is 16.0 Å². The Bertz CT molecular complexity index is 901. The summed E-state index contributed by atoms with van der Waals surface area (Å²) in [6.45, 7) is 4.48. The molecule has 0 radical (unpaired) electrons. The number of hydrogen-bond donors (Lipinski definition) is 4. The van der Waals surface area contributed by atoms with Crippen LogP contribution in [0, 0.1) is 0 Å². The van der Waals surface area contributed by atoms with Crippen LogP contribution in [0.25, 0.3) is 0 Å². The molecule has 0 aliphatic heterocycles. The van der Waals surface area contributed by atoms with Gasteiger partial charge in [0.15, 0.2) is 0 Å². The molecule has 0 aromatic heterocycles. The Hall–Kier alpha value is -1.48. The Balaban J connectivity index is 4.17. The van der Waals surface area contributed by atoms with E-state index in [9.17, 15) is 28.0 Å². The van der Waals surface area contributed by atoms with Gasteiger partial charge in [-0.15, -0.1) is 0 Å². The number of allylic oxidation sites excluding steroid dienone is 5. The average molecular weight is 684 g/mol. The number of carbonyl (C=O) groups excluding carboxylic acids is 1. The Morgan fingerprint density at radius 3 is 1.40 bits per heavy atom. The highest BCUT2D eigenvalue weighted by atomic mass is 32.2. The first-order valence-corrected chi connectivity index (χ1v) is 20.9. The number of carbonyl (C=O) groups is 1. The van der Waals surface area contributed by atoms with Gasteiger partial charge in [-0.3, -0.25) is 9.35 Å². The molecule has 7 nitrogen and oxygen atoms in total. The molecule has 276 valence electrons. The number of hydrogen-bond acceptors (Lipinski definition) is 5. The van der Waals surface area contributed by atoms with Crippen molar-refractivity contribution in [2.75, 3.05) is 5.75 Å². The normalized spacial score (nSPS) is 14.4. The van der Waals surface area contributed by atoms with Crippen LogP contribution in [-0.2, 0) is 14.9 Å². The first-order valence-electron chi connectivity index (χ1n) is 19.3. The number of nitrogens with one attached hydrogen (secondary N) is 1. The third kappa shape index (κ3) is 32.8. The lowest BCUT2D eigenvalue weighted by Crippen LogP contribution is -2.50. The Kier molecular flexibility index (Phi) is 32.0. The molecule has 47 heavy (non-hydrogen) atoms. The van der Waals surface area contributed by atoms with E-state index in [-0.39, 0.29) is 6.42 Å². The van der Waals surface area contributed by atoms with Gasteiger partial charge in [0.25, 0.3) is 10.1 Å². The van der Waals surface area contributed by atoms with E-state index in [1.165, 1.54) is 109 Å². The largest absolute Gasteiger partial charge is 0.387 e. The highest BCUT2D eigenvalue weighted by molar-refractivity contribution is 7.85. The number of aliphatic hydroxyl groups excluding tert-OH is 2. The van der Waals surface area contributed by atoms with Crippen LogP contribution in [0.1, 0.15) is 181 Å². The number of unbranched alkanes of at least 4 members (excludes halogenated alkanes) is 21. The molecule has 3 unspecified atom stereocenters. The molecule has 3 atom stereocenters. The monoisotopic (exact) mass is 684 g/mol. The van der Waals surface area contributed by atoms with Crippen LogP contribution in [0.4, 0.5) is 0 Å². The molecule has 0 aromatic carbocycles. The number of aliphatic hydroxyl groups is 2. The Morgan fingerprint density at radius 1 is 0.574 bits per heavy atom. The van der Waals surface area contributed by atoms with Crippen molar-refractivity contribution in [1.82, 2.24) is 5.32 Å². The van der Waals surface area contributed by atoms with E-state index in [0.717, 1.165) is 44.9 Å². The van der Waals surface area contributed by atoms with E-state index in [0.29, 0.717) is 12.8 Å². The van der Waals surface area contributed by atoms with E-state index in [1.807, 2.05) is 0 Å². The molecule has 0 aliphatic rings. The summed E-state index contributed by atoms with van der Waals surface area (Å²) in [7, 11) is -4.45. The summed E-state index contributed by atoms with van der Waals surface area (Å²) in [5.41, 5.74) is 0. The molecule has 0 spiro atoms. The molecule has 0 aromatic rings. The molecule has 0 aliphatic carbocycles. The number of amides is 1. The summed E-state index contributed by atoms with van der Waals surface area (Å²) in [6.07, 6.45) is 39.1. The maximum absolute atomic E-state index is 12.5. The van der Waals surface area contributed by atoms with E-state index in [4.69, 9.17) is 0 Å². The zero-order valence-corrected chi connectivity index (χ0v) is 31.1. The molecule has 1 amide bonds. The molecule has 0 fully saturated rings. The van der Waals surface area contributed by atoms with Crippen molar-refractivity contribution in [3.05, 3.63) is 36.5 Å². The second kappa shape index (κ2) is 33.0. The fourth-order valence-electron chi connectivity index (χ4n) is 5.66. The van der Waals surface area contributed by atoms with Crippen LogP contribution >= 0.6 is 0 Å². The molecule has 8 heteroatoms. The zero-order valence-electron chi connectivity index (χ0n) is 30.3. The fourth-order valence-corrected chi connectivity index (χ4v) is 6.40. The van der Waals surface area contributed by atoms with Crippen molar-refractivity contribution in [2.45, 2.75) is 199 Å². The predicted octanol–water partition coefficient (Wildman–Crippen LogP) is 9.93. The van der Waals surface area contributed by atoms with Crippen LogP contribution in [0.15, 0.2) is 36.5 Å². The summed E-state index contributed by atoms with van der Waals surface area (Å²) < 4.78 is 32.4. The van der Waals surface area contributed by atoms with Gasteiger partial charge in [0.1, 0.15) is 6.10 Å². The second-order valence-corrected chi connectivity index (χ2v) is 14.8. The van der Waals surface area contributed by atoms with Gasteiger partial charge in [0.2, 0.25) is 5.91 Å². The third-order valence-corrected chi connectivity index (χ3v) is 9.44. The minimum atomic E-state index is -4.45. The average Bonchev–Trinajstić information content (AvgIpc) is 3.03. The van der Waals surface area contributed by atoms with Gasteiger partial charge >= 0.3 is 0 Å². The van der Waals surface area contributed by atoms with E-state index in [2.05, 4.69) is 43.5 Å². The predicted molar refractivity (Wildman–Crippen MR) is 199 cm³/mol. The summed E-state index contributed by atoms with van der Waals surface area (Å²) in [6, 6.07) is -1.25. The minimum Gasteiger partial charge on any atom is -0.387 e. The van der Waals surface area contributed by atoms with Crippen molar-refractivity contribution in [2.24, 2.45) is 0 Å². The summed E-state index contributed by atoms with van der Waals surface area (Å²) in [5, 5.41) is 23.3. The van der Waals surface area contributed by atoms with Crippen molar-refractivity contribution in [1.29, 1.82) is 0 Å². The highest BCUT2D eigenvalue weighted by Gasteiger charge is 2.27. The van der Waals surface area contributed by atoms with Gasteiger partial charge in [-0.1, -0.05) is 172 Å². The quantitative estimate of drug-likeness (QED) is 0.0304. The first kappa shape index (κ1) is 45.5. The van der Waals surface area contributed by atoms with Gasteiger partial charge in [-0.25, -0.2) is 0 Å². The number of rotatable bonds is 34. The fraction of sp³-hybridized carbons (Fsp3) is 0.821. The Labute approximate surface area is 289 Å². The molecular formula is C39H73NO6S. The SMILES string of the molecule is CCCCCCCC/C=C/CC/C=C/CC/C=C/C(O)C(CS(=O)(=O)O)NC(=O)C(O)CCCCCCCCCCCCCCCC. The zero-order chi connectivity index (χ0) is 34.9. The highest BCUT2D eigenvalue weighted by Crippen LogP contribution is 2.14. The van der Waals surface area contributed by atoms with E-state index < -0.39 is 40.0 Å². The molecule has 0 heterocycles. The molecule has 0 bridgehead atoms. The van der Waals surface area contributed by atoms with Crippen LogP contribution in [0.5, 0.6) is 0 Å². The maximum Gasteiger partial charge on any atom is 0.267 e. The maximum atomic E-state index is 12.5. The second-order valence-electron chi connectivity index (χ2n) is 13.3. The van der Waals surface area contributed by atoms with Crippen molar-refractivity contribution in [3.8, 4) is 0 Å². The van der Waals surface area contributed by atoms with Gasteiger partial charge in [-0.2, -0.15) is 8.42 Å². The molecule has 0 saturated carbocycles. The molecule has 0 saturated heterocycles. The lowest BCUT2D eigenvalue weighted by atomic mass is 10.0. The topological polar surface area (TPSA) is 124 Å². The lowest BCUT2D eigenvalue weighted by Gasteiger charge is -2.22. The standard InChI is InChI=1S/C39H73NO6S/c1-3-5-7-9-11-13-15-17-19-20-22-23-25-27-29-31-33-37(41)36(35-47(44,45)46)40-39(43)38(42)34-32-30-28-26-24-21-18-16-14-12-10-8-6-4-2/h17,19,23,25,31,33,36-38,41-42H,3-16,18,20-22,24,26-30,32,34-35H2,1-2H3,(H,40,43)(H,44,45,46)/b19-17+,25-23+,33-31+. The minimum absolute atomic E-state index is 0.273. The van der Waals surface area contributed by atoms with Crippen LogP contribution in [0.2, 0.25) is 0 Å². The van der Waals surface area contributed by atoms with Gasteiger partial charge in [0.05, 0.1) is 17.9 Å². The van der Waals surface area contributed by atoms with Gasteiger partial charge in [0, 0.05) is 0 Å². The van der Waals surface area contributed by atoms with Crippen LogP contribution in [0.3, 0.4) is 0 Å². The molecule has 4 N–H and O–H groups in total. The smallest absolute Gasteiger partial charge is 0.267 e. The summed E-state index contributed by atoms with van der Waals surface area (Å²) in [5.74, 6) is -1.56. The Morgan fingerprint density at radius 2 is 0.957 bits per heavy atom. The van der Waals surface area contributed by atoms with Gasteiger partial charge < -0.3 is 15.5 Å². The molecule has 0 rings (SSSR count). The molecular weight excluding hydrogens is 610 g/mol. The van der Waals surface area contributed by atoms with Crippen LogP contribution < -0.4 is 5.32 Å². The van der Waals surface area contributed by atoms with Crippen molar-refractivity contribution < 1.29 is 28.0 Å². The van der Waals surface area contributed by atoms with Crippen LogP contribution in [-0.4, -0.2) is 53.1 Å². The van der Waals surface area contributed by atoms with E-state index >= 15 is 0 Å². The summed E-state index contributed by atoms with van der Waals surface area (Å²) >= 11 is 0. The van der Waals surface area contributed by atoms with Crippen molar-refractivity contribution in [3.63, 3.8) is 0 Å². The first-order chi connectivity index (χ1) is 22.7. The van der Waals surface area contributed by atoms with E-state index in [1.54, 1.807) is 6.08 Å². The van der Waals surface area contributed by atoms with Gasteiger partial charge in [-0.05, 0) is 44.9 Å². The summed E-state index contributed by atoms with van der Waals surface area (Å²) in [4.78, 5) is 12.5.